The summed E-state index contributed by atoms with van der Waals surface area (Å²) in [6.45, 7) is 21.9. The van der Waals surface area contributed by atoms with Crippen molar-refractivity contribution in [1.29, 1.82) is 0 Å². The second-order valence-corrected chi connectivity index (χ2v) is 20.1. The van der Waals surface area contributed by atoms with Crippen LogP contribution in [0.3, 0.4) is 0 Å². The molecule has 14 nitrogen and oxygen atoms in total. The van der Waals surface area contributed by atoms with Crippen LogP contribution in [0, 0.1) is 0 Å². The molecule has 0 bridgehead atoms. The minimum Gasteiger partial charge on any atom is -0.444 e. The van der Waals surface area contributed by atoms with Gasteiger partial charge in [0.1, 0.15) is 22.8 Å². The second kappa shape index (κ2) is 35.7. The van der Waals surface area contributed by atoms with E-state index in [0.29, 0.717) is 77.7 Å². The molecule has 0 rings (SSSR count). The van der Waals surface area contributed by atoms with Crippen molar-refractivity contribution in [3.8, 4) is 0 Å². The van der Waals surface area contributed by atoms with Crippen LogP contribution in [-0.2, 0) is 23.8 Å². The summed E-state index contributed by atoms with van der Waals surface area (Å²) in [5, 5.41) is 11.8. The van der Waals surface area contributed by atoms with E-state index in [1.807, 2.05) is 48.6 Å². The second-order valence-electron chi connectivity index (χ2n) is 20.1. The van der Waals surface area contributed by atoms with Gasteiger partial charge >= 0.3 is 18.3 Å². The molecule has 0 aliphatic rings. The molecule has 14 heteroatoms. The summed E-state index contributed by atoms with van der Waals surface area (Å²) in [6.07, 6.45) is 23.7. The molecule has 0 aromatic carbocycles. The number of hydrogen-bond donors (Lipinski definition) is 4. The Labute approximate surface area is 390 Å². The third-order valence-corrected chi connectivity index (χ3v) is 10.1. The van der Waals surface area contributed by atoms with E-state index in [0.717, 1.165) is 38.6 Å². The van der Waals surface area contributed by atoms with Gasteiger partial charge in [0.2, 0.25) is 11.8 Å². The number of allylic oxidation sites excluding steroid dienone is 2. The van der Waals surface area contributed by atoms with Crippen LogP contribution in [-0.4, -0.2) is 116 Å². The van der Waals surface area contributed by atoms with Crippen molar-refractivity contribution in [1.82, 2.24) is 31.1 Å². The number of carbonyl (C=O) groups is 5. The van der Waals surface area contributed by atoms with Gasteiger partial charge in [0.05, 0.1) is 0 Å². The van der Waals surface area contributed by atoms with Crippen LogP contribution in [0.15, 0.2) is 12.2 Å². The number of unbranched alkanes of at least 4 members (excludes halogenated alkanes) is 13. The first-order valence-corrected chi connectivity index (χ1v) is 25.0. The highest BCUT2D eigenvalue weighted by Gasteiger charge is 2.26. The van der Waals surface area contributed by atoms with E-state index >= 15 is 0 Å². The fourth-order valence-electron chi connectivity index (χ4n) is 6.76. The predicted octanol–water partition coefficient (Wildman–Crippen LogP) is 10.6. The molecule has 5 amide bonds. The van der Waals surface area contributed by atoms with Crippen molar-refractivity contribution in [3.05, 3.63) is 12.2 Å². The maximum atomic E-state index is 13.4. The van der Waals surface area contributed by atoms with Crippen LogP contribution < -0.4 is 21.3 Å². The highest BCUT2D eigenvalue weighted by atomic mass is 16.6. The van der Waals surface area contributed by atoms with Crippen molar-refractivity contribution < 1.29 is 38.2 Å². The molecule has 0 aromatic rings. The molecule has 0 heterocycles. The third-order valence-electron chi connectivity index (χ3n) is 10.1. The van der Waals surface area contributed by atoms with Gasteiger partial charge in [-0.15, -0.1) is 0 Å². The smallest absolute Gasteiger partial charge is 0.410 e. The molecule has 64 heavy (non-hydrogen) atoms. The van der Waals surface area contributed by atoms with E-state index in [-0.39, 0.29) is 24.5 Å². The van der Waals surface area contributed by atoms with Crippen molar-refractivity contribution in [2.45, 2.75) is 227 Å². The Bertz CT molecular complexity index is 1290. The fraction of sp³-hybridized carbons (Fsp3) is 0.860. The summed E-state index contributed by atoms with van der Waals surface area (Å²) in [5.41, 5.74) is -2.02. The molecule has 0 fully saturated rings. The number of rotatable bonds is 35. The highest BCUT2D eigenvalue weighted by Crippen LogP contribution is 2.15. The van der Waals surface area contributed by atoms with Gasteiger partial charge in [-0.3, -0.25) is 9.59 Å². The van der Waals surface area contributed by atoms with Crippen molar-refractivity contribution in [2.75, 3.05) is 52.9 Å². The minimum absolute atomic E-state index is 0.0437. The Morgan fingerprint density at radius 1 is 0.516 bits per heavy atom. The monoisotopic (exact) mass is 909 g/mol. The Hall–Kier alpha value is -3.55. The molecule has 374 valence electrons. The first-order chi connectivity index (χ1) is 30.2. The molecule has 1 unspecified atom stereocenters. The van der Waals surface area contributed by atoms with Gasteiger partial charge < -0.3 is 45.3 Å². The van der Waals surface area contributed by atoms with Crippen LogP contribution in [0.25, 0.3) is 0 Å². The molecule has 0 aromatic heterocycles. The van der Waals surface area contributed by atoms with Crippen LogP contribution in [0.4, 0.5) is 14.4 Å². The Kier molecular flexibility index (Phi) is 33.7. The van der Waals surface area contributed by atoms with Crippen LogP contribution >= 0.6 is 0 Å². The average Bonchev–Trinajstić information content (AvgIpc) is 3.18. The van der Waals surface area contributed by atoms with Crippen molar-refractivity contribution >= 4 is 30.1 Å². The zero-order valence-electron chi connectivity index (χ0n) is 42.7. The van der Waals surface area contributed by atoms with Gasteiger partial charge in [0, 0.05) is 45.7 Å². The van der Waals surface area contributed by atoms with Gasteiger partial charge in [0.15, 0.2) is 0 Å². The van der Waals surface area contributed by atoms with Crippen molar-refractivity contribution in [2.24, 2.45) is 0 Å². The largest absolute Gasteiger partial charge is 0.444 e. The third kappa shape index (κ3) is 37.8. The molecular weight excluding hydrogens is 813 g/mol. The Morgan fingerprint density at radius 2 is 0.969 bits per heavy atom. The number of nitrogens with zero attached hydrogens (tertiary/aromatic N) is 2. The lowest BCUT2D eigenvalue weighted by Crippen LogP contribution is -2.48. The van der Waals surface area contributed by atoms with Crippen LogP contribution in [0.2, 0.25) is 0 Å². The lowest BCUT2D eigenvalue weighted by atomic mass is 10.1. The molecule has 0 radical (unpaired) electrons. The number of nitrogens with one attached hydrogen (secondary N) is 4. The maximum Gasteiger partial charge on any atom is 0.410 e. The molecule has 1 atom stereocenters. The van der Waals surface area contributed by atoms with E-state index in [9.17, 15) is 24.0 Å². The summed E-state index contributed by atoms with van der Waals surface area (Å²) >= 11 is 0. The van der Waals surface area contributed by atoms with E-state index in [1.54, 1.807) is 30.6 Å². The normalized spacial score (nSPS) is 12.4. The van der Waals surface area contributed by atoms with Gasteiger partial charge in [-0.1, -0.05) is 70.4 Å². The zero-order chi connectivity index (χ0) is 48.3. The number of carbonyl (C=O) groups excluding carboxylic acids is 5. The number of ether oxygens (including phenoxy) is 3. The molecule has 0 saturated heterocycles. The highest BCUT2D eigenvalue weighted by molar-refractivity contribution is 5.85. The molecule has 4 N–H and O–H groups in total. The SMILES string of the molecule is CCCCCCCCC=CCCCCCCCC(=O)NCCCCC(NC(=O)OC(C)(C)C)C(=O)NCCCN(CCCCN(CCCNC)C(=O)OC(C)(C)C)C(=O)OC(C)(C)C. The van der Waals surface area contributed by atoms with E-state index in [2.05, 4.69) is 40.3 Å². The van der Waals surface area contributed by atoms with Crippen LogP contribution in [0.1, 0.15) is 204 Å². The van der Waals surface area contributed by atoms with E-state index < -0.39 is 35.0 Å². The van der Waals surface area contributed by atoms with E-state index in [1.165, 1.54) is 57.8 Å². The average molecular weight is 909 g/mol. The molecule has 0 aliphatic carbocycles. The van der Waals surface area contributed by atoms with Gasteiger partial charge in [0.25, 0.3) is 0 Å². The maximum absolute atomic E-state index is 13.4. The minimum atomic E-state index is -0.829. The van der Waals surface area contributed by atoms with Gasteiger partial charge in [-0.25, -0.2) is 14.4 Å². The quantitative estimate of drug-likeness (QED) is 0.0275. The zero-order valence-corrected chi connectivity index (χ0v) is 42.7. The first-order valence-electron chi connectivity index (χ1n) is 25.0. The number of alkyl carbamates (subject to hydrolysis) is 1. The standard InChI is InChI=1S/C50H96N6O8/c1-12-13-14-15-16-17-18-19-20-21-22-23-24-25-26-34-43(57)52-36-28-27-33-42(54-45(59)62-48(2,3)4)44(58)53-37-32-41-56(47(61)64-50(8,9)10)39-30-29-38-55(40-31-35-51-11)46(60)63-49(5,6)7/h19-20,42,51H,12-18,21-41H2,1-11H3,(H,52,57)(H,53,58)(H,54,59). The topological polar surface area (TPSA) is 168 Å². The summed E-state index contributed by atoms with van der Waals surface area (Å²) in [5.74, 6) is -0.300. The lowest BCUT2D eigenvalue weighted by Gasteiger charge is -2.29. The Morgan fingerprint density at radius 3 is 1.47 bits per heavy atom. The van der Waals surface area contributed by atoms with Gasteiger partial charge in [-0.2, -0.15) is 0 Å². The first kappa shape index (κ1) is 60.5. The van der Waals surface area contributed by atoms with E-state index in [4.69, 9.17) is 14.2 Å². The summed E-state index contributed by atoms with van der Waals surface area (Å²) in [6, 6.07) is -0.829. The number of hydrogen-bond acceptors (Lipinski definition) is 9. The fourth-order valence-corrected chi connectivity index (χ4v) is 6.76. The predicted molar refractivity (Wildman–Crippen MR) is 260 cm³/mol. The molecular formula is C50H96N6O8. The Balaban J connectivity index is 4.90. The summed E-state index contributed by atoms with van der Waals surface area (Å²) < 4.78 is 16.8. The van der Waals surface area contributed by atoms with Gasteiger partial charge in [-0.05, 0) is 153 Å². The van der Waals surface area contributed by atoms with Crippen molar-refractivity contribution in [3.63, 3.8) is 0 Å². The molecule has 0 aliphatic heterocycles. The lowest BCUT2D eigenvalue weighted by molar-refractivity contribution is -0.123. The summed E-state index contributed by atoms with van der Waals surface area (Å²) in [4.78, 5) is 68.0. The number of amides is 5. The molecule has 0 spiro atoms. The van der Waals surface area contributed by atoms with Crippen LogP contribution in [0.5, 0.6) is 0 Å². The summed E-state index contributed by atoms with van der Waals surface area (Å²) in [7, 11) is 1.87. The molecule has 0 saturated carbocycles.